The Morgan fingerprint density at radius 1 is 1.12 bits per heavy atom. The molecule has 1 aliphatic heterocycles. The van der Waals surface area contributed by atoms with Crippen molar-refractivity contribution in [2.24, 2.45) is 0 Å². The molecule has 1 saturated heterocycles. The van der Waals surface area contributed by atoms with E-state index in [0.717, 1.165) is 23.9 Å². The van der Waals surface area contributed by atoms with E-state index in [0.29, 0.717) is 26.2 Å². The molecule has 2 heterocycles. The highest BCUT2D eigenvalue weighted by atomic mass is 16.2. The van der Waals surface area contributed by atoms with E-state index in [4.69, 9.17) is 0 Å². The third-order valence-corrected chi connectivity index (χ3v) is 5.11. The molecular formula is C19H26N4O3. The van der Waals surface area contributed by atoms with Gasteiger partial charge in [-0.05, 0) is 31.9 Å². The maximum atomic E-state index is 12.6. The number of nitrogens with one attached hydrogen (secondary N) is 1. The standard InChI is InChI=1S/C19H26N4O3/c1-3-22-16-6-4-5-7-17(16)23(19(22)26)13-10-18(25)20-15-8-11-21(12-9-15)14(2)24/h4-7,15H,3,8-13H2,1-2H3,(H,20,25). The predicted octanol–water partition coefficient (Wildman–Crippen LogP) is 1.34. The molecule has 1 aromatic heterocycles. The van der Waals surface area contributed by atoms with Crippen LogP contribution in [0.5, 0.6) is 0 Å². The number of aromatic nitrogens is 2. The Morgan fingerprint density at radius 2 is 1.73 bits per heavy atom. The average molecular weight is 358 g/mol. The number of benzene rings is 1. The molecule has 1 N–H and O–H groups in total. The lowest BCUT2D eigenvalue weighted by Gasteiger charge is -2.31. The molecule has 7 nitrogen and oxygen atoms in total. The number of hydrogen-bond acceptors (Lipinski definition) is 3. The van der Waals surface area contributed by atoms with Gasteiger partial charge in [-0.3, -0.25) is 18.7 Å². The zero-order valence-corrected chi connectivity index (χ0v) is 15.4. The first-order valence-electron chi connectivity index (χ1n) is 9.24. The van der Waals surface area contributed by atoms with Gasteiger partial charge in [-0.2, -0.15) is 0 Å². The van der Waals surface area contributed by atoms with Crippen molar-refractivity contribution in [1.29, 1.82) is 0 Å². The first kappa shape index (κ1) is 18.2. The van der Waals surface area contributed by atoms with E-state index < -0.39 is 0 Å². The minimum atomic E-state index is -0.0729. The number of fused-ring (bicyclic) bond motifs is 1. The quantitative estimate of drug-likeness (QED) is 0.876. The summed E-state index contributed by atoms with van der Waals surface area (Å²) in [6, 6.07) is 7.77. The van der Waals surface area contributed by atoms with Gasteiger partial charge < -0.3 is 10.2 Å². The maximum absolute atomic E-state index is 12.6. The molecule has 1 aliphatic rings. The first-order valence-corrected chi connectivity index (χ1v) is 9.24. The summed E-state index contributed by atoms with van der Waals surface area (Å²) >= 11 is 0. The number of amides is 2. The zero-order chi connectivity index (χ0) is 18.7. The van der Waals surface area contributed by atoms with Crippen molar-refractivity contribution < 1.29 is 9.59 Å². The minimum Gasteiger partial charge on any atom is -0.353 e. The summed E-state index contributed by atoms with van der Waals surface area (Å²) in [4.78, 5) is 38.1. The molecule has 2 aromatic rings. The first-order chi connectivity index (χ1) is 12.5. The lowest BCUT2D eigenvalue weighted by molar-refractivity contribution is -0.130. The summed E-state index contributed by atoms with van der Waals surface area (Å²) in [6.45, 7) is 5.85. The lowest BCUT2D eigenvalue weighted by atomic mass is 10.0. The molecule has 0 atom stereocenters. The number of carbonyl (C=O) groups is 2. The number of rotatable bonds is 5. The Balaban J connectivity index is 1.61. The van der Waals surface area contributed by atoms with Crippen molar-refractivity contribution in [3.63, 3.8) is 0 Å². The van der Waals surface area contributed by atoms with Crippen LogP contribution in [-0.2, 0) is 22.7 Å². The highest BCUT2D eigenvalue weighted by molar-refractivity contribution is 5.78. The SMILES string of the molecule is CCn1c(=O)n(CCC(=O)NC2CCN(C(C)=O)CC2)c2ccccc21. The van der Waals surface area contributed by atoms with Gasteiger partial charge in [-0.15, -0.1) is 0 Å². The number of imidazole rings is 1. The largest absolute Gasteiger partial charge is 0.353 e. The highest BCUT2D eigenvalue weighted by Crippen LogP contribution is 2.14. The van der Waals surface area contributed by atoms with E-state index in [1.807, 2.05) is 36.1 Å². The van der Waals surface area contributed by atoms with Crippen molar-refractivity contribution >= 4 is 22.8 Å². The van der Waals surface area contributed by atoms with Gasteiger partial charge in [0, 0.05) is 45.6 Å². The van der Waals surface area contributed by atoms with Crippen LogP contribution in [0.1, 0.15) is 33.1 Å². The van der Waals surface area contributed by atoms with Crippen LogP contribution in [0.3, 0.4) is 0 Å². The Labute approximate surface area is 152 Å². The van der Waals surface area contributed by atoms with Crippen molar-refractivity contribution in [3.8, 4) is 0 Å². The monoisotopic (exact) mass is 358 g/mol. The molecule has 0 spiro atoms. The van der Waals surface area contributed by atoms with Crippen molar-refractivity contribution in [3.05, 3.63) is 34.7 Å². The van der Waals surface area contributed by atoms with Crippen molar-refractivity contribution in [1.82, 2.24) is 19.4 Å². The molecule has 0 radical (unpaired) electrons. The van der Waals surface area contributed by atoms with Gasteiger partial charge in [0.2, 0.25) is 11.8 Å². The van der Waals surface area contributed by atoms with Crippen molar-refractivity contribution in [2.75, 3.05) is 13.1 Å². The number of likely N-dealkylation sites (tertiary alicyclic amines) is 1. The molecule has 0 unspecified atom stereocenters. The van der Waals surface area contributed by atoms with E-state index in [-0.39, 0.29) is 30.0 Å². The van der Waals surface area contributed by atoms with Crippen LogP contribution in [0.2, 0.25) is 0 Å². The van der Waals surface area contributed by atoms with Crippen LogP contribution >= 0.6 is 0 Å². The molecular weight excluding hydrogens is 332 g/mol. The fourth-order valence-corrected chi connectivity index (χ4v) is 3.65. The Morgan fingerprint density at radius 3 is 2.31 bits per heavy atom. The molecule has 2 amide bonds. The van der Waals surface area contributed by atoms with Crippen molar-refractivity contribution in [2.45, 2.75) is 52.2 Å². The van der Waals surface area contributed by atoms with Crippen LogP contribution in [0.15, 0.2) is 29.1 Å². The summed E-state index contributed by atoms with van der Waals surface area (Å²) in [5.74, 6) is 0.0352. The minimum absolute atomic E-state index is 0.0495. The zero-order valence-electron chi connectivity index (χ0n) is 15.4. The molecule has 7 heteroatoms. The van der Waals surface area contributed by atoms with Gasteiger partial charge in [0.15, 0.2) is 0 Å². The van der Waals surface area contributed by atoms with Crippen LogP contribution in [0.25, 0.3) is 11.0 Å². The smallest absolute Gasteiger partial charge is 0.329 e. The second kappa shape index (κ2) is 7.76. The average Bonchev–Trinajstić information content (AvgIpc) is 2.91. The van der Waals surface area contributed by atoms with E-state index in [1.165, 1.54) is 0 Å². The van der Waals surface area contributed by atoms with Gasteiger partial charge in [0.05, 0.1) is 11.0 Å². The van der Waals surface area contributed by atoms with E-state index >= 15 is 0 Å². The van der Waals surface area contributed by atoms with Crippen LogP contribution in [0, 0.1) is 0 Å². The van der Waals surface area contributed by atoms with Gasteiger partial charge in [0.1, 0.15) is 0 Å². The summed E-state index contributed by atoms with van der Waals surface area (Å²) in [5, 5.41) is 3.04. The number of piperidine rings is 1. The van der Waals surface area contributed by atoms with Crippen LogP contribution in [0.4, 0.5) is 0 Å². The summed E-state index contributed by atoms with van der Waals surface area (Å²) < 4.78 is 3.40. The fraction of sp³-hybridized carbons (Fsp3) is 0.526. The Bertz CT molecular complexity index is 859. The number of hydrogen-bond donors (Lipinski definition) is 1. The highest BCUT2D eigenvalue weighted by Gasteiger charge is 2.22. The van der Waals surface area contributed by atoms with E-state index in [2.05, 4.69) is 5.32 Å². The number of carbonyl (C=O) groups excluding carboxylic acids is 2. The molecule has 26 heavy (non-hydrogen) atoms. The van der Waals surface area contributed by atoms with Gasteiger partial charge in [-0.1, -0.05) is 12.1 Å². The Kier molecular flexibility index (Phi) is 5.44. The third kappa shape index (κ3) is 3.66. The molecule has 0 saturated carbocycles. The van der Waals surface area contributed by atoms with Crippen LogP contribution in [-0.4, -0.2) is 45.0 Å². The van der Waals surface area contributed by atoms with Crippen LogP contribution < -0.4 is 11.0 Å². The number of para-hydroxylation sites is 2. The summed E-state index contributed by atoms with van der Waals surface area (Å²) in [6.07, 6.45) is 1.82. The third-order valence-electron chi connectivity index (χ3n) is 5.11. The summed E-state index contributed by atoms with van der Waals surface area (Å²) in [7, 11) is 0. The normalized spacial score (nSPS) is 15.4. The lowest BCUT2D eigenvalue weighted by Crippen LogP contribution is -2.46. The predicted molar refractivity (Wildman–Crippen MR) is 99.9 cm³/mol. The van der Waals surface area contributed by atoms with Gasteiger partial charge >= 0.3 is 5.69 Å². The maximum Gasteiger partial charge on any atom is 0.329 e. The second-order valence-corrected chi connectivity index (χ2v) is 6.77. The van der Waals surface area contributed by atoms with E-state index in [9.17, 15) is 14.4 Å². The molecule has 1 aromatic carbocycles. The fourth-order valence-electron chi connectivity index (χ4n) is 3.65. The van der Waals surface area contributed by atoms with Gasteiger partial charge in [-0.25, -0.2) is 4.79 Å². The Hall–Kier alpha value is -2.57. The number of aryl methyl sites for hydroxylation is 2. The molecule has 140 valence electrons. The molecule has 0 aliphatic carbocycles. The van der Waals surface area contributed by atoms with Gasteiger partial charge in [0.25, 0.3) is 0 Å². The summed E-state index contributed by atoms with van der Waals surface area (Å²) in [5.41, 5.74) is 1.69. The topological polar surface area (TPSA) is 76.3 Å². The molecule has 3 rings (SSSR count). The second-order valence-electron chi connectivity index (χ2n) is 6.77. The number of nitrogens with zero attached hydrogens (tertiary/aromatic N) is 3. The molecule has 1 fully saturated rings. The molecule has 0 bridgehead atoms. The van der Waals surface area contributed by atoms with E-state index in [1.54, 1.807) is 16.1 Å².